The number of halogens is 1. The predicted molar refractivity (Wildman–Crippen MR) is 89.9 cm³/mol. The summed E-state index contributed by atoms with van der Waals surface area (Å²) in [5, 5.41) is 3.75. The second-order valence-electron chi connectivity index (χ2n) is 6.53. The lowest BCUT2D eigenvalue weighted by Crippen LogP contribution is -2.64. The summed E-state index contributed by atoms with van der Waals surface area (Å²) in [6.07, 6.45) is 2.29. The molecule has 1 fully saturated rings. The molecule has 2 unspecified atom stereocenters. The molecule has 1 N–H and O–H groups in total. The number of hydrogen-bond acceptors (Lipinski definition) is 3. The van der Waals surface area contributed by atoms with Crippen molar-refractivity contribution >= 4 is 22.9 Å². The molecule has 1 aliphatic rings. The van der Waals surface area contributed by atoms with E-state index < -0.39 is 0 Å². The van der Waals surface area contributed by atoms with Gasteiger partial charge >= 0.3 is 0 Å². The second-order valence-corrected chi connectivity index (χ2v) is 8.33. The lowest BCUT2D eigenvalue weighted by atomic mass is 9.90. The molecule has 0 aliphatic carbocycles. The summed E-state index contributed by atoms with van der Waals surface area (Å²) in [6, 6.07) is 4.82. The van der Waals surface area contributed by atoms with Gasteiger partial charge in [-0.2, -0.15) is 0 Å². The lowest BCUT2D eigenvalue weighted by Gasteiger charge is -2.47. The van der Waals surface area contributed by atoms with Gasteiger partial charge < -0.3 is 5.32 Å². The molecule has 2 heterocycles. The molecule has 1 aromatic heterocycles. The lowest BCUT2D eigenvalue weighted by molar-refractivity contribution is 0.0615. The van der Waals surface area contributed by atoms with Crippen molar-refractivity contribution in [1.29, 1.82) is 0 Å². The van der Waals surface area contributed by atoms with E-state index >= 15 is 0 Å². The standard InChI is InChI=1S/C16H27ClN2S/c1-5-16(4)11-19(14(10-18-16)12(2)3)9-8-13-6-7-15(17)20-13/h6-7,12,14,18H,5,8-11H2,1-4H3. The van der Waals surface area contributed by atoms with Gasteiger partial charge in [0.15, 0.2) is 0 Å². The molecule has 0 saturated carbocycles. The first kappa shape index (κ1) is 16.3. The number of hydrogen-bond donors (Lipinski definition) is 1. The van der Waals surface area contributed by atoms with E-state index in [1.165, 1.54) is 11.3 Å². The molecule has 0 bridgehead atoms. The number of piperazine rings is 1. The number of nitrogens with zero attached hydrogens (tertiary/aromatic N) is 1. The molecule has 0 radical (unpaired) electrons. The highest BCUT2D eigenvalue weighted by atomic mass is 35.5. The van der Waals surface area contributed by atoms with Crippen LogP contribution in [-0.4, -0.2) is 36.1 Å². The van der Waals surface area contributed by atoms with Crippen LogP contribution in [0.3, 0.4) is 0 Å². The monoisotopic (exact) mass is 314 g/mol. The first-order valence-electron chi connectivity index (χ1n) is 7.67. The highest BCUT2D eigenvalue weighted by Gasteiger charge is 2.35. The van der Waals surface area contributed by atoms with Crippen LogP contribution in [0.5, 0.6) is 0 Å². The average molecular weight is 315 g/mol. The van der Waals surface area contributed by atoms with Gasteiger partial charge in [0.1, 0.15) is 0 Å². The Bertz CT molecular complexity index is 432. The zero-order chi connectivity index (χ0) is 14.8. The van der Waals surface area contributed by atoms with Gasteiger partial charge in [-0.25, -0.2) is 0 Å². The van der Waals surface area contributed by atoms with Gasteiger partial charge in [-0.05, 0) is 37.8 Å². The molecule has 114 valence electrons. The Hall–Kier alpha value is -0.0900. The van der Waals surface area contributed by atoms with Crippen molar-refractivity contribution in [3.63, 3.8) is 0 Å². The van der Waals surface area contributed by atoms with Crippen LogP contribution in [0.4, 0.5) is 0 Å². The van der Waals surface area contributed by atoms with Gasteiger partial charge in [-0.3, -0.25) is 4.90 Å². The van der Waals surface area contributed by atoms with Gasteiger partial charge in [-0.15, -0.1) is 11.3 Å². The Morgan fingerprint density at radius 3 is 2.80 bits per heavy atom. The SMILES string of the molecule is CCC1(C)CN(CCc2ccc(Cl)s2)C(C(C)C)CN1. The van der Waals surface area contributed by atoms with Crippen LogP contribution in [0.25, 0.3) is 0 Å². The quantitative estimate of drug-likeness (QED) is 0.882. The van der Waals surface area contributed by atoms with E-state index in [4.69, 9.17) is 11.6 Å². The average Bonchev–Trinajstić information content (AvgIpc) is 2.82. The summed E-state index contributed by atoms with van der Waals surface area (Å²) >= 11 is 7.74. The summed E-state index contributed by atoms with van der Waals surface area (Å²) in [4.78, 5) is 4.08. The van der Waals surface area contributed by atoms with Gasteiger partial charge in [0.2, 0.25) is 0 Å². The first-order valence-corrected chi connectivity index (χ1v) is 8.86. The van der Waals surface area contributed by atoms with E-state index in [1.54, 1.807) is 11.3 Å². The van der Waals surface area contributed by atoms with Crippen LogP contribution in [0.1, 0.15) is 39.0 Å². The number of nitrogens with one attached hydrogen (secondary N) is 1. The molecule has 0 aromatic carbocycles. The summed E-state index contributed by atoms with van der Waals surface area (Å²) < 4.78 is 0.902. The zero-order valence-electron chi connectivity index (χ0n) is 13.1. The van der Waals surface area contributed by atoms with Gasteiger partial charge in [0, 0.05) is 36.1 Å². The summed E-state index contributed by atoms with van der Waals surface area (Å²) in [6.45, 7) is 12.7. The van der Waals surface area contributed by atoms with Crippen molar-refractivity contribution in [3.05, 3.63) is 21.3 Å². The van der Waals surface area contributed by atoms with E-state index in [2.05, 4.69) is 44.0 Å². The second kappa shape index (κ2) is 6.78. The van der Waals surface area contributed by atoms with Crippen LogP contribution in [0.2, 0.25) is 4.34 Å². The molecular formula is C16H27ClN2S. The maximum atomic E-state index is 6.02. The van der Waals surface area contributed by atoms with Crippen molar-refractivity contribution in [2.24, 2.45) is 5.92 Å². The van der Waals surface area contributed by atoms with Crippen molar-refractivity contribution < 1.29 is 0 Å². The van der Waals surface area contributed by atoms with E-state index in [0.717, 1.165) is 30.4 Å². The molecule has 2 rings (SSSR count). The maximum absolute atomic E-state index is 6.02. The van der Waals surface area contributed by atoms with Crippen molar-refractivity contribution in [3.8, 4) is 0 Å². The Labute approximate surface area is 132 Å². The molecule has 20 heavy (non-hydrogen) atoms. The van der Waals surface area contributed by atoms with E-state index in [-0.39, 0.29) is 5.54 Å². The molecule has 0 amide bonds. The fraction of sp³-hybridized carbons (Fsp3) is 0.750. The third-order valence-electron chi connectivity index (χ3n) is 4.58. The summed E-state index contributed by atoms with van der Waals surface area (Å²) in [5.74, 6) is 0.691. The van der Waals surface area contributed by atoms with Crippen LogP contribution in [0, 0.1) is 5.92 Å². The fourth-order valence-electron chi connectivity index (χ4n) is 2.98. The molecular weight excluding hydrogens is 288 g/mol. The molecule has 1 saturated heterocycles. The number of thiophene rings is 1. The maximum Gasteiger partial charge on any atom is 0.0931 e. The van der Waals surface area contributed by atoms with Gasteiger partial charge in [0.05, 0.1) is 4.34 Å². The minimum absolute atomic E-state index is 0.262. The van der Waals surface area contributed by atoms with Gasteiger partial charge in [-0.1, -0.05) is 32.4 Å². The Morgan fingerprint density at radius 2 is 2.25 bits per heavy atom. The van der Waals surface area contributed by atoms with Crippen molar-refractivity contribution in [2.75, 3.05) is 19.6 Å². The van der Waals surface area contributed by atoms with Crippen LogP contribution in [0.15, 0.2) is 12.1 Å². The molecule has 0 spiro atoms. The smallest absolute Gasteiger partial charge is 0.0931 e. The molecule has 2 atom stereocenters. The first-order chi connectivity index (χ1) is 9.43. The van der Waals surface area contributed by atoms with Crippen LogP contribution in [-0.2, 0) is 6.42 Å². The normalized spacial score (nSPS) is 28.2. The molecule has 1 aromatic rings. The van der Waals surface area contributed by atoms with E-state index in [9.17, 15) is 0 Å². The Balaban J connectivity index is 2.00. The molecule has 1 aliphatic heterocycles. The fourth-order valence-corrected chi connectivity index (χ4v) is 4.06. The Kier molecular flexibility index (Phi) is 5.52. The summed E-state index contributed by atoms with van der Waals surface area (Å²) in [5.41, 5.74) is 0.262. The Morgan fingerprint density at radius 1 is 1.50 bits per heavy atom. The third kappa shape index (κ3) is 3.97. The van der Waals surface area contributed by atoms with Crippen molar-refractivity contribution in [2.45, 2.75) is 52.1 Å². The highest BCUT2D eigenvalue weighted by molar-refractivity contribution is 7.16. The van der Waals surface area contributed by atoms with Gasteiger partial charge in [0.25, 0.3) is 0 Å². The molecule has 2 nitrogen and oxygen atoms in total. The largest absolute Gasteiger partial charge is 0.309 e. The summed E-state index contributed by atoms with van der Waals surface area (Å²) in [7, 11) is 0. The predicted octanol–water partition coefficient (Wildman–Crippen LogP) is 4.04. The highest BCUT2D eigenvalue weighted by Crippen LogP contribution is 2.25. The van der Waals surface area contributed by atoms with Crippen molar-refractivity contribution in [1.82, 2.24) is 10.2 Å². The zero-order valence-corrected chi connectivity index (χ0v) is 14.7. The van der Waals surface area contributed by atoms with Crippen LogP contribution < -0.4 is 5.32 Å². The minimum atomic E-state index is 0.262. The van der Waals surface area contributed by atoms with E-state index in [1.807, 2.05) is 6.07 Å². The number of rotatable bonds is 5. The molecule has 4 heteroatoms. The topological polar surface area (TPSA) is 15.3 Å². The van der Waals surface area contributed by atoms with E-state index in [0.29, 0.717) is 12.0 Å². The minimum Gasteiger partial charge on any atom is -0.309 e. The third-order valence-corrected chi connectivity index (χ3v) is 5.87. The van der Waals surface area contributed by atoms with Crippen LogP contribution >= 0.6 is 22.9 Å².